The van der Waals surface area contributed by atoms with Crippen LogP contribution in [0.2, 0.25) is 0 Å². The third-order valence-corrected chi connectivity index (χ3v) is 6.24. The smallest absolute Gasteiger partial charge is 0.303 e. The molecule has 2 rings (SSSR count). The third-order valence-electron chi connectivity index (χ3n) is 5.74. The lowest BCUT2D eigenvalue weighted by atomic mass is 9.84. The summed E-state index contributed by atoms with van der Waals surface area (Å²) in [4.78, 5) is 10.6. The van der Waals surface area contributed by atoms with Gasteiger partial charge in [-0.25, -0.2) is 0 Å². The van der Waals surface area contributed by atoms with Crippen molar-refractivity contribution in [1.82, 2.24) is 0 Å². The van der Waals surface area contributed by atoms with Crippen molar-refractivity contribution in [2.75, 3.05) is 6.61 Å². The molecule has 1 aliphatic carbocycles. The molecule has 0 radical (unpaired) electrons. The first-order valence-corrected chi connectivity index (χ1v) is 11.0. The van der Waals surface area contributed by atoms with Crippen molar-refractivity contribution in [3.05, 3.63) is 47.5 Å². The predicted octanol–water partition coefficient (Wildman–Crippen LogP) is 4.16. The third kappa shape index (κ3) is 7.41. The topological polar surface area (TPSA) is 98.0 Å². The highest BCUT2D eigenvalue weighted by molar-refractivity contribution is 6.21. The second-order valence-corrected chi connectivity index (χ2v) is 8.46. The fraction of sp³-hybridized carbons (Fsp3) is 0.609. The number of allylic oxidation sites excluding steroid dienone is 2. The summed E-state index contributed by atoms with van der Waals surface area (Å²) in [7, 11) is 0. The highest BCUT2D eigenvalue weighted by atomic mass is 35.5. The summed E-state index contributed by atoms with van der Waals surface area (Å²) >= 11 is 6.52. The minimum atomic E-state index is -0.778. The van der Waals surface area contributed by atoms with Crippen LogP contribution in [0.1, 0.15) is 74.5 Å². The van der Waals surface area contributed by atoms with Gasteiger partial charge in [-0.2, -0.15) is 0 Å². The number of aliphatic hydroxyl groups is 3. The van der Waals surface area contributed by atoms with Crippen LogP contribution in [-0.2, 0) is 4.79 Å². The van der Waals surface area contributed by atoms with E-state index in [0.717, 1.165) is 30.4 Å². The molecule has 162 valence electrons. The molecule has 0 spiro atoms. The first kappa shape index (κ1) is 23.9. The van der Waals surface area contributed by atoms with Crippen LogP contribution in [0.4, 0.5) is 0 Å². The minimum Gasteiger partial charge on any atom is -0.481 e. The molecule has 0 amide bonds. The van der Waals surface area contributed by atoms with E-state index in [-0.39, 0.29) is 30.2 Å². The molecule has 0 heterocycles. The van der Waals surface area contributed by atoms with E-state index in [0.29, 0.717) is 25.7 Å². The van der Waals surface area contributed by atoms with Gasteiger partial charge < -0.3 is 20.4 Å². The molecule has 2 unspecified atom stereocenters. The van der Waals surface area contributed by atoms with E-state index in [1.54, 1.807) is 0 Å². The number of rotatable bonds is 12. The van der Waals surface area contributed by atoms with Crippen molar-refractivity contribution >= 4 is 17.6 Å². The van der Waals surface area contributed by atoms with Crippen LogP contribution in [0, 0.1) is 5.92 Å². The van der Waals surface area contributed by atoms with Crippen molar-refractivity contribution in [2.45, 2.75) is 74.9 Å². The average Bonchev–Trinajstić information content (AvgIpc) is 2.97. The number of unbranched alkanes of at least 4 members (excludes halogenated alkanes) is 2. The maximum Gasteiger partial charge on any atom is 0.303 e. The van der Waals surface area contributed by atoms with Gasteiger partial charge in [-0.05, 0) is 62.0 Å². The summed E-state index contributed by atoms with van der Waals surface area (Å²) in [5.41, 5.74) is 1.87. The van der Waals surface area contributed by atoms with Gasteiger partial charge in [-0.1, -0.05) is 36.4 Å². The molecule has 0 aromatic heterocycles. The molecule has 1 aromatic carbocycles. The maximum absolute atomic E-state index is 10.6. The number of carboxylic acid groups (broad SMARTS) is 1. The molecule has 1 aliphatic rings. The van der Waals surface area contributed by atoms with Crippen molar-refractivity contribution in [3.8, 4) is 0 Å². The molecule has 1 fully saturated rings. The van der Waals surface area contributed by atoms with Gasteiger partial charge in [0.25, 0.3) is 0 Å². The molecule has 0 bridgehead atoms. The molecule has 1 aromatic rings. The van der Waals surface area contributed by atoms with Gasteiger partial charge in [0.2, 0.25) is 0 Å². The van der Waals surface area contributed by atoms with Crippen molar-refractivity contribution in [2.24, 2.45) is 5.92 Å². The minimum absolute atomic E-state index is 0.0539. The fourth-order valence-electron chi connectivity index (χ4n) is 4.12. The Morgan fingerprint density at radius 2 is 1.90 bits per heavy atom. The van der Waals surface area contributed by atoms with E-state index < -0.39 is 18.2 Å². The van der Waals surface area contributed by atoms with E-state index in [2.05, 4.69) is 0 Å². The zero-order valence-corrected chi connectivity index (χ0v) is 17.5. The maximum atomic E-state index is 10.6. The second kappa shape index (κ2) is 12.3. The Labute approximate surface area is 178 Å². The second-order valence-electron chi connectivity index (χ2n) is 7.90. The summed E-state index contributed by atoms with van der Waals surface area (Å²) in [5.74, 6) is -0.718. The molecule has 0 saturated heterocycles. The monoisotopic (exact) mass is 424 g/mol. The molecule has 0 aliphatic heterocycles. The Morgan fingerprint density at radius 3 is 2.55 bits per heavy atom. The van der Waals surface area contributed by atoms with Gasteiger partial charge in [0.05, 0.1) is 12.2 Å². The molecule has 29 heavy (non-hydrogen) atoms. The molecule has 1 saturated carbocycles. The van der Waals surface area contributed by atoms with Crippen molar-refractivity contribution < 1.29 is 25.2 Å². The number of carbonyl (C=O) groups is 1. The summed E-state index contributed by atoms with van der Waals surface area (Å²) in [6.07, 6.45) is 7.89. The first-order valence-electron chi connectivity index (χ1n) is 10.5. The van der Waals surface area contributed by atoms with Crippen LogP contribution in [0.3, 0.4) is 0 Å². The molecule has 5 atom stereocenters. The molecular weight excluding hydrogens is 392 g/mol. The van der Waals surface area contributed by atoms with Crippen molar-refractivity contribution in [1.29, 1.82) is 0 Å². The highest BCUT2D eigenvalue weighted by Gasteiger charge is 2.41. The zero-order valence-electron chi connectivity index (χ0n) is 16.8. The molecular formula is C23H33ClO5. The van der Waals surface area contributed by atoms with Crippen LogP contribution in [0.25, 0.3) is 0 Å². The predicted molar refractivity (Wildman–Crippen MR) is 114 cm³/mol. The number of hydrogen-bond donors (Lipinski definition) is 4. The quantitative estimate of drug-likeness (QED) is 0.229. The Morgan fingerprint density at radius 1 is 1.17 bits per heavy atom. The molecule has 4 N–H and O–H groups in total. The molecule has 6 heteroatoms. The Bertz CT molecular complexity index is 645. The van der Waals surface area contributed by atoms with Crippen LogP contribution < -0.4 is 0 Å². The summed E-state index contributed by atoms with van der Waals surface area (Å²) < 4.78 is 0. The number of aliphatic carboxylic acids is 1. The Hall–Kier alpha value is -1.40. The largest absolute Gasteiger partial charge is 0.481 e. The lowest BCUT2D eigenvalue weighted by molar-refractivity contribution is -0.137. The van der Waals surface area contributed by atoms with Crippen LogP contribution in [0.15, 0.2) is 36.4 Å². The van der Waals surface area contributed by atoms with Gasteiger partial charge in [-0.3, -0.25) is 4.79 Å². The van der Waals surface area contributed by atoms with Gasteiger partial charge in [0.1, 0.15) is 0 Å². The summed E-state index contributed by atoms with van der Waals surface area (Å²) in [6.45, 7) is 0.139. The number of aliphatic hydroxyl groups excluding tert-OH is 3. The lowest BCUT2D eigenvalue weighted by Crippen LogP contribution is -2.18. The Kier molecular flexibility index (Phi) is 10.2. The zero-order chi connectivity index (χ0) is 21.2. The van der Waals surface area contributed by atoms with E-state index in [1.807, 2.05) is 36.4 Å². The van der Waals surface area contributed by atoms with Gasteiger partial charge in [-0.15, -0.1) is 11.6 Å². The number of alkyl halides is 1. The number of hydrogen-bond acceptors (Lipinski definition) is 4. The van der Waals surface area contributed by atoms with Gasteiger partial charge in [0, 0.05) is 24.3 Å². The fourth-order valence-corrected chi connectivity index (χ4v) is 4.57. The first-order chi connectivity index (χ1) is 13.9. The number of halogens is 1. The van der Waals surface area contributed by atoms with Gasteiger partial charge >= 0.3 is 5.97 Å². The van der Waals surface area contributed by atoms with E-state index >= 15 is 0 Å². The van der Waals surface area contributed by atoms with Crippen molar-refractivity contribution in [3.63, 3.8) is 0 Å². The summed E-state index contributed by atoms with van der Waals surface area (Å²) in [5, 5.41) is 38.3. The van der Waals surface area contributed by atoms with Crippen LogP contribution in [-0.4, -0.2) is 44.5 Å². The lowest BCUT2D eigenvalue weighted by Gasteiger charge is -2.23. The van der Waals surface area contributed by atoms with Crippen LogP contribution in [0.5, 0.6) is 0 Å². The molecule has 5 nitrogen and oxygen atoms in total. The standard InChI is InChI=1S/C23H33ClO5/c24-19-15-21(27)23(18(19)7-3-1-2-4-9-22(28)29)17-12-10-16(11-13-17)20(26)8-5-6-14-25/h1,3,10-13,18-21,23,25-27H,2,4-9,14-15H2,(H,28,29)/b3-1-/t18-,19-,20?,21?,23+/m0/s1. The SMILES string of the molecule is O=C(O)CCC/C=C\C[C@H]1[C@@H](Cl)CC(O)[C@@H]1c1ccc(C(O)CCCCO)cc1. The number of carboxylic acids is 1. The Balaban J connectivity index is 1.96. The normalized spacial score (nSPS) is 25.5. The van der Waals surface area contributed by atoms with E-state index in [4.69, 9.17) is 21.8 Å². The van der Waals surface area contributed by atoms with Gasteiger partial charge in [0.15, 0.2) is 0 Å². The van der Waals surface area contributed by atoms with Crippen LogP contribution >= 0.6 is 11.6 Å². The highest BCUT2D eigenvalue weighted by Crippen LogP contribution is 2.45. The van der Waals surface area contributed by atoms with E-state index in [9.17, 15) is 15.0 Å². The summed E-state index contributed by atoms with van der Waals surface area (Å²) in [6, 6.07) is 7.76. The number of benzene rings is 1. The van der Waals surface area contributed by atoms with E-state index in [1.165, 1.54) is 0 Å². The average molecular weight is 425 g/mol.